The SMILES string of the molecule is C=C/C(=C(\C=C/CC)S(=O)(=O)O)[N+](=O)[O-]. The first kappa shape index (κ1) is 13.5. The van der Waals surface area contributed by atoms with Crippen molar-refractivity contribution < 1.29 is 17.9 Å². The van der Waals surface area contributed by atoms with Gasteiger partial charge >= 0.3 is 10.1 Å². The Hall–Kier alpha value is -1.47. The fourth-order valence-electron chi connectivity index (χ4n) is 0.793. The van der Waals surface area contributed by atoms with E-state index in [1.807, 2.05) is 0 Å². The summed E-state index contributed by atoms with van der Waals surface area (Å²) in [6.07, 6.45) is 3.62. The van der Waals surface area contributed by atoms with E-state index in [4.69, 9.17) is 4.55 Å². The lowest BCUT2D eigenvalue weighted by Crippen LogP contribution is -2.08. The Bertz CT molecular complexity index is 418. The molecular weight excluding hydrogens is 222 g/mol. The van der Waals surface area contributed by atoms with Gasteiger partial charge in [-0.2, -0.15) is 8.42 Å². The second-order valence-electron chi connectivity index (χ2n) is 2.50. The molecule has 0 amide bonds. The maximum absolute atomic E-state index is 10.8. The van der Waals surface area contributed by atoms with E-state index in [0.717, 1.165) is 12.2 Å². The summed E-state index contributed by atoms with van der Waals surface area (Å²) in [6, 6.07) is 0. The van der Waals surface area contributed by atoms with Gasteiger partial charge in [0.15, 0.2) is 4.91 Å². The van der Waals surface area contributed by atoms with Crippen molar-refractivity contribution in [1.29, 1.82) is 0 Å². The number of nitrogens with zero attached hydrogens (tertiary/aromatic N) is 1. The summed E-state index contributed by atoms with van der Waals surface area (Å²) in [5.41, 5.74) is -0.748. The highest BCUT2D eigenvalue weighted by atomic mass is 32.2. The highest BCUT2D eigenvalue weighted by Gasteiger charge is 2.23. The number of hydrogen-bond donors (Lipinski definition) is 1. The average molecular weight is 233 g/mol. The Labute approximate surface area is 87.5 Å². The molecule has 0 aliphatic carbocycles. The zero-order valence-corrected chi connectivity index (χ0v) is 8.90. The lowest BCUT2D eigenvalue weighted by Gasteiger charge is -1.98. The Kier molecular flexibility index (Phi) is 4.89. The minimum absolute atomic E-state index is 0.487. The lowest BCUT2D eigenvalue weighted by atomic mass is 10.3. The maximum atomic E-state index is 10.8. The van der Waals surface area contributed by atoms with Gasteiger partial charge in [0.05, 0.1) is 4.92 Å². The second-order valence-corrected chi connectivity index (χ2v) is 3.89. The van der Waals surface area contributed by atoms with Gasteiger partial charge in [0, 0.05) is 6.08 Å². The van der Waals surface area contributed by atoms with E-state index in [0.29, 0.717) is 6.42 Å². The highest BCUT2D eigenvalue weighted by Crippen LogP contribution is 2.14. The zero-order chi connectivity index (χ0) is 12.1. The quantitative estimate of drug-likeness (QED) is 0.336. The lowest BCUT2D eigenvalue weighted by molar-refractivity contribution is -0.419. The average Bonchev–Trinajstić information content (AvgIpc) is 2.09. The van der Waals surface area contributed by atoms with Gasteiger partial charge in [-0.1, -0.05) is 19.6 Å². The van der Waals surface area contributed by atoms with E-state index >= 15 is 0 Å². The van der Waals surface area contributed by atoms with E-state index in [-0.39, 0.29) is 0 Å². The smallest absolute Gasteiger partial charge is 0.282 e. The number of allylic oxidation sites excluding steroid dienone is 3. The molecule has 15 heavy (non-hydrogen) atoms. The molecular formula is C8H11NO5S. The minimum atomic E-state index is -4.61. The monoisotopic (exact) mass is 233 g/mol. The van der Waals surface area contributed by atoms with Gasteiger partial charge in [-0.3, -0.25) is 14.7 Å². The van der Waals surface area contributed by atoms with Gasteiger partial charge in [0.2, 0.25) is 0 Å². The molecule has 0 unspecified atom stereocenters. The van der Waals surface area contributed by atoms with Crippen molar-refractivity contribution in [3.05, 3.63) is 45.5 Å². The Morgan fingerprint density at radius 1 is 1.60 bits per heavy atom. The van der Waals surface area contributed by atoms with Crippen molar-refractivity contribution in [3.8, 4) is 0 Å². The first-order valence-corrected chi connectivity index (χ1v) is 5.43. The second kappa shape index (κ2) is 5.42. The molecule has 7 heteroatoms. The number of rotatable bonds is 5. The molecule has 84 valence electrons. The molecule has 0 bridgehead atoms. The maximum Gasteiger partial charge on any atom is 0.301 e. The molecule has 0 rings (SSSR count). The predicted molar refractivity (Wildman–Crippen MR) is 55.2 cm³/mol. The van der Waals surface area contributed by atoms with Crippen molar-refractivity contribution in [2.24, 2.45) is 0 Å². The first-order chi connectivity index (χ1) is 6.84. The highest BCUT2D eigenvalue weighted by molar-refractivity contribution is 7.90. The largest absolute Gasteiger partial charge is 0.301 e. The van der Waals surface area contributed by atoms with E-state index in [9.17, 15) is 18.5 Å². The molecule has 0 fully saturated rings. The first-order valence-electron chi connectivity index (χ1n) is 3.99. The topological polar surface area (TPSA) is 97.5 Å². The van der Waals surface area contributed by atoms with Crippen LogP contribution in [0.5, 0.6) is 0 Å². The molecule has 0 saturated carbocycles. The van der Waals surface area contributed by atoms with Crippen LogP contribution in [0, 0.1) is 10.1 Å². The standard InChI is InChI=1S/C8H11NO5S/c1-3-5-6-8(15(12,13)14)7(4-2)9(10)11/h4-6H,2-3H2,1H3,(H,12,13,14)/b6-5-,8-7-. The van der Waals surface area contributed by atoms with Crippen LogP contribution in [0.15, 0.2) is 35.4 Å². The van der Waals surface area contributed by atoms with Crippen LogP contribution in [0.4, 0.5) is 0 Å². The van der Waals surface area contributed by atoms with E-state index < -0.39 is 25.6 Å². The third-order valence-corrected chi connectivity index (χ3v) is 2.33. The third-order valence-electron chi connectivity index (χ3n) is 1.43. The number of hydrogen-bond acceptors (Lipinski definition) is 4. The van der Waals surface area contributed by atoms with Crippen molar-refractivity contribution in [1.82, 2.24) is 0 Å². The Morgan fingerprint density at radius 3 is 2.40 bits per heavy atom. The summed E-state index contributed by atoms with van der Waals surface area (Å²) in [4.78, 5) is 8.77. The van der Waals surface area contributed by atoms with Gasteiger partial charge in [0.25, 0.3) is 5.70 Å². The Balaban J connectivity index is 5.74. The predicted octanol–water partition coefficient (Wildman–Crippen LogP) is 1.51. The van der Waals surface area contributed by atoms with Crippen LogP contribution in [-0.4, -0.2) is 17.9 Å². The van der Waals surface area contributed by atoms with E-state index in [2.05, 4.69) is 6.58 Å². The molecule has 0 atom stereocenters. The van der Waals surface area contributed by atoms with Gasteiger partial charge < -0.3 is 0 Å². The normalized spacial score (nSPS) is 13.7. The van der Waals surface area contributed by atoms with E-state index in [1.54, 1.807) is 6.92 Å². The number of nitro groups is 1. The fourth-order valence-corrected chi connectivity index (χ4v) is 1.48. The molecule has 0 saturated heterocycles. The summed E-state index contributed by atoms with van der Waals surface area (Å²) in [7, 11) is -4.61. The molecule has 6 nitrogen and oxygen atoms in total. The van der Waals surface area contributed by atoms with Crippen molar-refractivity contribution in [2.45, 2.75) is 13.3 Å². The summed E-state index contributed by atoms with van der Waals surface area (Å²) < 4.78 is 30.4. The minimum Gasteiger partial charge on any atom is -0.282 e. The molecule has 1 N–H and O–H groups in total. The van der Waals surface area contributed by atoms with Gasteiger partial charge in [-0.25, -0.2) is 0 Å². The molecule has 0 spiro atoms. The summed E-state index contributed by atoms with van der Waals surface area (Å²) in [5, 5.41) is 10.4. The molecule has 0 radical (unpaired) electrons. The van der Waals surface area contributed by atoms with Crippen LogP contribution < -0.4 is 0 Å². The van der Waals surface area contributed by atoms with Crippen LogP contribution in [0.1, 0.15) is 13.3 Å². The molecule has 0 aromatic carbocycles. The van der Waals surface area contributed by atoms with Crippen LogP contribution >= 0.6 is 0 Å². The molecule has 0 aromatic rings. The van der Waals surface area contributed by atoms with Gasteiger partial charge in [-0.05, 0) is 12.5 Å². The zero-order valence-electron chi connectivity index (χ0n) is 8.08. The summed E-state index contributed by atoms with van der Waals surface area (Å²) >= 11 is 0. The van der Waals surface area contributed by atoms with Gasteiger partial charge in [-0.15, -0.1) is 0 Å². The third kappa shape index (κ3) is 4.05. The van der Waals surface area contributed by atoms with Crippen LogP contribution in [0.3, 0.4) is 0 Å². The van der Waals surface area contributed by atoms with Crippen molar-refractivity contribution in [2.75, 3.05) is 0 Å². The molecule has 0 aliphatic rings. The fraction of sp³-hybridized carbons (Fsp3) is 0.250. The molecule has 0 heterocycles. The molecule has 0 aromatic heterocycles. The Morgan fingerprint density at radius 2 is 2.13 bits per heavy atom. The van der Waals surface area contributed by atoms with Crippen LogP contribution in [-0.2, 0) is 10.1 Å². The summed E-state index contributed by atoms with van der Waals surface area (Å²) in [6.45, 7) is 4.84. The van der Waals surface area contributed by atoms with E-state index in [1.165, 1.54) is 6.08 Å². The summed E-state index contributed by atoms with van der Waals surface area (Å²) in [5.74, 6) is 0. The van der Waals surface area contributed by atoms with Crippen LogP contribution in [0.2, 0.25) is 0 Å². The molecule has 0 aliphatic heterocycles. The van der Waals surface area contributed by atoms with Crippen molar-refractivity contribution >= 4 is 10.1 Å². The van der Waals surface area contributed by atoms with Crippen LogP contribution in [0.25, 0.3) is 0 Å². The van der Waals surface area contributed by atoms with Gasteiger partial charge in [0.1, 0.15) is 0 Å². The van der Waals surface area contributed by atoms with Crippen molar-refractivity contribution in [3.63, 3.8) is 0 Å².